The number of hydrogen-bond acceptors (Lipinski definition) is 4. The minimum absolute atomic E-state index is 0.0480. The zero-order valence-electron chi connectivity index (χ0n) is 14.4. The van der Waals surface area contributed by atoms with Crippen molar-refractivity contribution >= 4 is 39.3 Å². The van der Waals surface area contributed by atoms with Gasteiger partial charge < -0.3 is 10.1 Å². The molecule has 3 amide bonds. The third-order valence-corrected chi connectivity index (χ3v) is 5.22. The van der Waals surface area contributed by atoms with Gasteiger partial charge in [0, 0.05) is 23.2 Å². The highest BCUT2D eigenvalue weighted by molar-refractivity contribution is 9.10. The summed E-state index contributed by atoms with van der Waals surface area (Å²) in [5.41, 5.74) is 1.48. The second-order valence-corrected chi connectivity index (χ2v) is 7.45. The number of carbonyl (C=O) groups is 3. The highest BCUT2D eigenvalue weighted by atomic mass is 79.9. The van der Waals surface area contributed by atoms with Crippen LogP contribution < -0.4 is 10.2 Å². The van der Waals surface area contributed by atoms with E-state index in [1.807, 2.05) is 0 Å². The molecule has 1 saturated heterocycles. The van der Waals surface area contributed by atoms with Crippen molar-refractivity contribution in [3.63, 3.8) is 0 Å². The van der Waals surface area contributed by atoms with Gasteiger partial charge in [-0.05, 0) is 49.2 Å². The fourth-order valence-corrected chi connectivity index (χ4v) is 3.71. The molecule has 0 bridgehead atoms. The first-order chi connectivity index (χ1) is 13.0. The number of imide groups is 1. The van der Waals surface area contributed by atoms with Crippen LogP contribution in [0.25, 0.3) is 0 Å². The number of nitrogens with one attached hydrogen (secondary N) is 1. The molecular formula is C20H17BrN2O4. The summed E-state index contributed by atoms with van der Waals surface area (Å²) in [6.45, 7) is 1.18. The first kappa shape index (κ1) is 17.9. The third-order valence-electron chi connectivity index (χ3n) is 4.73. The van der Waals surface area contributed by atoms with E-state index in [4.69, 9.17) is 4.74 Å². The van der Waals surface area contributed by atoms with E-state index in [1.54, 1.807) is 42.5 Å². The number of anilines is 1. The van der Waals surface area contributed by atoms with Crippen molar-refractivity contribution in [2.75, 3.05) is 18.1 Å². The van der Waals surface area contributed by atoms with Gasteiger partial charge in [0.05, 0.1) is 22.9 Å². The molecule has 1 N–H and O–H groups in total. The lowest BCUT2D eigenvalue weighted by atomic mass is 10.1. The first-order valence-corrected chi connectivity index (χ1v) is 9.52. The Hall–Kier alpha value is -2.51. The van der Waals surface area contributed by atoms with Crippen molar-refractivity contribution < 1.29 is 19.1 Å². The van der Waals surface area contributed by atoms with Gasteiger partial charge in [0.25, 0.3) is 17.7 Å². The van der Waals surface area contributed by atoms with Gasteiger partial charge in [-0.3, -0.25) is 14.4 Å². The van der Waals surface area contributed by atoms with Crippen molar-refractivity contribution in [1.29, 1.82) is 0 Å². The van der Waals surface area contributed by atoms with Crippen LogP contribution in [0.4, 0.5) is 5.69 Å². The molecule has 0 aliphatic carbocycles. The Morgan fingerprint density at radius 3 is 2.74 bits per heavy atom. The molecule has 138 valence electrons. The van der Waals surface area contributed by atoms with Gasteiger partial charge in [-0.1, -0.05) is 22.0 Å². The molecule has 2 heterocycles. The van der Waals surface area contributed by atoms with Gasteiger partial charge in [0.2, 0.25) is 0 Å². The molecule has 0 aromatic heterocycles. The zero-order chi connectivity index (χ0) is 19.0. The van der Waals surface area contributed by atoms with Crippen LogP contribution in [0.1, 0.15) is 43.9 Å². The second-order valence-electron chi connectivity index (χ2n) is 6.53. The molecule has 0 radical (unpaired) electrons. The number of halogens is 1. The molecule has 2 aromatic carbocycles. The fraction of sp³-hybridized carbons (Fsp3) is 0.250. The fourth-order valence-electron chi connectivity index (χ4n) is 3.35. The molecule has 2 aliphatic heterocycles. The molecule has 1 atom stereocenters. The Bertz CT molecular complexity index is 937. The number of benzene rings is 2. The van der Waals surface area contributed by atoms with E-state index in [0.29, 0.717) is 28.9 Å². The summed E-state index contributed by atoms with van der Waals surface area (Å²) in [6.07, 6.45) is 1.99. The Kier molecular flexibility index (Phi) is 4.80. The Labute approximate surface area is 164 Å². The maximum atomic E-state index is 12.7. The molecule has 7 heteroatoms. The highest BCUT2D eigenvalue weighted by Crippen LogP contribution is 2.30. The van der Waals surface area contributed by atoms with Gasteiger partial charge in [-0.2, -0.15) is 0 Å². The predicted octanol–water partition coefficient (Wildman–Crippen LogP) is 3.16. The van der Waals surface area contributed by atoms with Gasteiger partial charge in [-0.25, -0.2) is 4.90 Å². The van der Waals surface area contributed by atoms with Crippen molar-refractivity contribution in [3.05, 3.63) is 63.6 Å². The minimum Gasteiger partial charge on any atom is -0.376 e. The zero-order valence-corrected chi connectivity index (χ0v) is 16.0. The number of amides is 3. The van der Waals surface area contributed by atoms with Crippen LogP contribution in [0.3, 0.4) is 0 Å². The average molecular weight is 429 g/mol. The van der Waals surface area contributed by atoms with E-state index in [0.717, 1.165) is 28.8 Å². The van der Waals surface area contributed by atoms with Crippen LogP contribution >= 0.6 is 15.9 Å². The number of rotatable bonds is 4. The molecule has 1 unspecified atom stereocenters. The Morgan fingerprint density at radius 1 is 1.15 bits per heavy atom. The van der Waals surface area contributed by atoms with Crippen molar-refractivity contribution in [2.24, 2.45) is 0 Å². The van der Waals surface area contributed by atoms with Crippen molar-refractivity contribution in [2.45, 2.75) is 18.9 Å². The quantitative estimate of drug-likeness (QED) is 0.758. The largest absolute Gasteiger partial charge is 0.376 e. The van der Waals surface area contributed by atoms with E-state index < -0.39 is 5.91 Å². The van der Waals surface area contributed by atoms with E-state index in [1.165, 1.54) is 0 Å². The Morgan fingerprint density at radius 2 is 1.96 bits per heavy atom. The summed E-state index contributed by atoms with van der Waals surface area (Å²) in [6, 6.07) is 11.5. The number of ether oxygens (including phenoxy) is 1. The van der Waals surface area contributed by atoms with Crippen LogP contribution in [-0.4, -0.2) is 37.0 Å². The van der Waals surface area contributed by atoms with E-state index >= 15 is 0 Å². The van der Waals surface area contributed by atoms with Crippen LogP contribution in [-0.2, 0) is 4.74 Å². The predicted molar refractivity (Wildman–Crippen MR) is 103 cm³/mol. The minimum atomic E-state index is -0.395. The maximum absolute atomic E-state index is 12.7. The summed E-state index contributed by atoms with van der Waals surface area (Å²) in [7, 11) is 0. The lowest BCUT2D eigenvalue weighted by Gasteiger charge is -2.15. The number of fused-ring (bicyclic) bond motifs is 1. The molecule has 0 spiro atoms. The molecule has 2 aromatic rings. The van der Waals surface area contributed by atoms with Crippen molar-refractivity contribution in [3.8, 4) is 0 Å². The third kappa shape index (κ3) is 3.40. The summed E-state index contributed by atoms with van der Waals surface area (Å²) >= 11 is 3.32. The number of nitrogens with zero attached hydrogens (tertiary/aromatic N) is 1. The van der Waals surface area contributed by atoms with Crippen LogP contribution in [0.5, 0.6) is 0 Å². The second kappa shape index (κ2) is 7.25. The number of hydrogen-bond donors (Lipinski definition) is 1. The topological polar surface area (TPSA) is 75.7 Å². The maximum Gasteiger partial charge on any atom is 0.266 e. The summed E-state index contributed by atoms with van der Waals surface area (Å²) in [5, 5.41) is 2.85. The monoisotopic (exact) mass is 428 g/mol. The van der Waals surface area contributed by atoms with Crippen LogP contribution in [0.2, 0.25) is 0 Å². The van der Waals surface area contributed by atoms with E-state index in [9.17, 15) is 14.4 Å². The standard InChI is InChI=1S/C20H17BrN2O4/c21-13-6-7-16-17(10-13)20(26)23(19(16)25)14-4-1-3-12(9-14)18(24)22-11-15-5-2-8-27-15/h1,3-4,6-7,9-10,15H,2,5,8,11H2,(H,22,24). The summed E-state index contributed by atoms with van der Waals surface area (Å²) < 4.78 is 6.23. The van der Waals surface area contributed by atoms with E-state index in [-0.39, 0.29) is 17.9 Å². The van der Waals surface area contributed by atoms with Crippen LogP contribution in [0.15, 0.2) is 46.9 Å². The molecule has 1 fully saturated rings. The molecule has 27 heavy (non-hydrogen) atoms. The molecule has 2 aliphatic rings. The Balaban J connectivity index is 1.55. The van der Waals surface area contributed by atoms with Crippen molar-refractivity contribution in [1.82, 2.24) is 5.32 Å². The molecular weight excluding hydrogens is 412 g/mol. The highest BCUT2D eigenvalue weighted by Gasteiger charge is 2.36. The smallest absolute Gasteiger partial charge is 0.266 e. The van der Waals surface area contributed by atoms with Gasteiger partial charge in [0.1, 0.15) is 0 Å². The lowest BCUT2D eigenvalue weighted by molar-refractivity contribution is 0.0856. The lowest BCUT2D eigenvalue weighted by Crippen LogP contribution is -2.32. The first-order valence-electron chi connectivity index (χ1n) is 8.73. The summed E-state index contributed by atoms with van der Waals surface area (Å²) in [5.74, 6) is -1.04. The van der Waals surface area contributed by atoms with Gasteiger partial charge in [0.15, 0.2) is 0 Å². The molecule has 4 rings (SSSR count). The van der Waals surface area contributed by atoms with Gasteiger partial charge in [-0.15, -0.1) is 0 Å². The molecule has 6 nitrogen and oxygen atoms in total. The van der Waals surface area contributed by atoms with E-state index in [2.05, 4.69) is 21.2 Å². The molecule has 0 saturated carbocycles. The van der Waals surface area contributed by atoms with Gasteiger partial charge >= 0.3 is 0 Å². The normalized spacial score (nSPS) is 18.7. The number of carbonyl (C=O) groups excluding carboxylic acids is 3. The average Bonchev–Trinajstić information content (AvgIpc) is 3.27. The van der Waals surface area contributed by atoms with Crippen LogP contribution in [0, 0.1) is 0 Å². The summed E-state index contributed by atoms with van der Waals surface area (Å²) in [4.78, 5) is 38.9. The SMILES string of the molecule is O=C(NCC1CCCO1)c1cccc(N2C(=O)c3ccc(Br)cc3C2=O)c1.